The SMILES string of the molecule is CC(CNS(=O)(=O)CCN1CCNCC1)C(C)(C)C. The third-order valence-electron chi connectivity index (χ3n) is 3.97. The van der Waals surface area contributed by atoms with Gasteiger partial charge in [0.2, 0.25) is 10.0 Å². The molecule has 1 unspecified atom stereocenters. The van der Waals surface area contributed by atoms with Gasteiger partial charge in [0.25, 0.3) is 0 Å². The van der Waals surface area contributed by atoms with Gasteiger partial charge in [0, 0.05) is 39.3 Å². The third kappa shape index (κ3) is 6.70. The Kier molecular flexibility index (Phi) is 6.23. The molecule has 0 bridgehead atoms. The van der Waals surface area contributed by atoms with Crippen LogP contribution >= 0.6 is 0 Å². The van der Waals surface area contributed by atoms with Gasteiger partial charge in [-0.1, -0.05) is 27.7 Å². The molecule has 19 heavy (non-hydrogen) atoms. The van der Waals surface area contributed by atoms with Gasteiger partial charge < -0.3 is 5.32 Å². The van der Waals surface area contributed by atoms with E-state index in [1.54, 1.807) is 0 Å². The molecular formula is C13H29N3O2S. The molecule has 0 aromatic heterocycles. The predicted octanol–water partition coefficient (Wildman–Crippen LogP) is 0.493. The van der Waals surface area contributed by atoms with Crippen LogP contribution in [-0.2, 0) is 10.0 Å². The van der Waals surface area contributed by atoms with E-state index in [1.807, 2.05) is 0 Å². The largest absolute Gasteiger partial charge is 0.314 e. The minimum atomic E-state index is -3.15. The molecule has 1 aliphatic heterocycles. The Balaban J connectivity index is 2.31. The Morgan fingerprint density at radius 2 is 1.84 bits per heavy atom. The van der Waals surface area contributed by atoms with E-state index in [-0.39, 0.29) is 11.2 Å². The minimum absolute atomic E-state index is 0.126. The molecule has 5 nitrogen and oxygen atoms in total. The highest BCUT2D eigenvalue weighted by Gasteiger charge is 2.22. The molecule has 1 aliphatic rings. The van der Waals surface area contributed by atoms with Crippen molar-refractivity contribution in [2.75, 3.05) is 45.0 Å². The standard InChI is InChI=1S/C13H29N3O2S/c1-12(13(2,3)4)11-15-19(17,18)10-9-16-7-5-14-6-8-16/h12,14-15H,5-11H2,1-4H3. The summed E-state index contributed by atoms with van der Waals surface area (Å²) < 4.78 is 26.6. The van der Waals surface area contributed by atoms with E-state index in [0.717, 1.165) is 26.2 Å². The second kappa shape index (κ2) is 7.02. The lowest BCUT2D eigenvalue weighted by atomic mass is 9.82. The van der Waals surface area contributed by atoms with Crippen molar-refractivity contribution in [3.05, 3.63) is 0 Å². The maximum Gasteiger partial charge on any atom is 0.212 e. The molecule has 0 amide bonds. The third-order valence-corrected chi connectivity index (χ3v) is 5.30. The van der Waals surface area contributed by atoms with Crippen LogP contribution in [0.3, 0.4) is 0 Å². The van der Waals surface area contributed by atoms with Crippen LogP contribution < -0.4 is 10.0 Å². The first-order chi connectivity index (χ1) is 8.71. The highest BCUT2D eigenvalue weighted by molar-refractivity contribution is 7.89. The van der Waals surface area contributed by atoms with Crippen LogP contribution in [0.15, 0.2) is 0 Å². The van der Waals surface area contributed by atoms with Gasteiger partial charge >= 0.3 is 0 Å². The normalized spacial score (nSPS) is 20.4. The number of hydrogen-bond acceptors (Lipinski definition) is 4. The average molecular weight is 291 g/mol. The van der Waals surface area contributed by atoms with Gasteiger partial charge in [-0.15, -0.1) is 0 Å². The van der Waals surface area contributed by atoms with Crippen molar-refractivity contribution in [3.63, 3.8) is 0 Å². The molecule has 0 aromatic rings. The van der Waals surface area contributed by atoms with Gasteiger partial charge in [0.1, 0.15) is 0 Å². The summed E-state index contributed by atoms with van der Waals surface area (Å²) in [5.41, 5.74) is 0.126. The van der Waals surface area contributed by atoms with Crippen molar-refractivity contribution in [1.29, 1.82) is 0 Å². The number of nitrogens with zero attached hydrogens (tertiary/aromatic N) is 1. The van der Waals surface area contributed by atoms with Crippen molar-refractivity contribution in [2.24, 2.45) is 11.3 Å². The van der Waals surface area contributed by atoms with E-state index >= 15 is 0 Å². The lowest BCUT2D eigenvalue weighted by molar-refractivity contribution is 0.252. The first-order valence-electron chi connectivity index (χ1n) is 7.11. The molecule has 1 fully saturated rings. The van der Waals surface area contributed by atoms with Crippen LogP contribution in [0.2, 0.25) is 0 Å². The van der Waals surface area contributed by atoms with Gasteiger partial charge in [0.15, 0.2) is 0 Å². The number of piperazine rings is 1. The highest BCUT2D eigenvalue weighted by Crippen LogP contribution is 2.24. The van der Waals surface area contributed by atoms with Gasteiger partial charge in [-0.25, -0.2) is 13.1 Å². The summed E-state index contributed by atoms with van der Waals surface area (Å²) in [5, 5.41) is 3.26. The Labute approximate surface area is 118 Å². The summed E-state index contributed by atoms with van der Waals surface area (Å²) in [4.78, 5) is 2.20. The summed E-state index contributed by atoms with van der Waals surface area (Å²) in [6, 6.07) is 0. The van der Waals surface area contributed by atoms with Crippen molar-refractivity contribution < 1.29 is 8.42 Å². The molecule has 0 aliphatic carbocycles. The molecule has 0 saturated carbocycles. The molecule has 0 aromatic carbocycles. The minimum Gasteiger partial charge on any atom is -0.314 e. The molecule has 1 saturated heterocycles. The zero-order valence-electron chi connectivity index (χ0n) is 12.7. The Morgan fingerprint density at radius 3 is 2.37 bits per heavy atom. The monoisotopic (exact) mass is 291 g/mol. The Hall–Kier alpha value is -0.170. The average Bonchev–Trinajstić information content (AvgIpc) is 2.34. The zero-order chi connectivity index (χ0) is 14.5. The van der Waals surface area contributed by atoms with E-state index in [1.165, 1.54) is 0 Å². The van der Waals surface area contributed by atoms with E-state index in [9.17, 15) is 8.42 Å². The van der Waals surface area contributed by atoms with Crippen molar-refractivity contribution >= 4 is 10.0 Å². The fourth-order valence-electron chi connectivity index (χ4n) is 1.81. The summed E-state index contributed by atoms with van der Waals surface area (Å²) in [6.45, 7) is 13.4. The maximum absolute atomic E-state index is 12.0. The number of nitrogens with one attached hydrogen (secondary N) is 2. The van der Waals surface area contributed by atoms with E-state index < -0.39 is 10.0 Å². The summed E-state index contributed by atoms with van der Waals surface area (Å²) >= 11 is 0. The number of rotatable bonds is 6. The summed E-state index contributed by atoms with van der Waals surface area (Å²) in [6.07, 6.45) is 0. The topological polar surface area (TPSA) is 61.4 Å². The maximum atomic E-state index is 12.0. The number of sulfonamides is 1. The molecule has 1 rings (SSSR count). The van der Waals surface area contributed by atoms with Gasteiger partial charge in [-0.2, -0.15) is 0 Å². The second-order valence-corrected chi connectivity index (χ2v) is 8.45. The number of hydrogen-bond donors (Lipinski definition) is 2. The van der Waals surface area contributed by atoms with Crippen LogP contribution in [0.4, 0.5) is 0 Å². The van der Waals surface area contributed by atoms with Gasteiger partial charge in [0.05, 0.1) is 5.75 Å². The molecule has 6 heteroatoms. The first kappa shape index (κ1) is 16.9. The van der Waals surface area contributed by atoms with Crippen molar-refractivity contribution in [3.8, 4) is 0 Å². The van der Waals surface area contributed by atoms with Crippen LogP contribution in [0, 0.1) is 11.3 Å². The second-order valence-electron chi connectivity index (χ2n) is 6.53. The Bertz CT molecular complexity index is 357. The molecule has 0 radical (unpaired) electrons. The van der Waals surface area contributed by atoms with E-state index in [4.69, 9.17) is 0 Å². The van der Waals surface area contributed by atoms with Crippen LogP contribution in [0.5, 0.6) is 0 Å². The van der Waals surface area contributed by atoms with Crippen LogP contribution in [-0.4, -0.2) is 58.3 Å². The molecule has 0 spiro atoms. The quantitative estimate of drug-likeness (QED) is 0.748. The molecule has 1 atom stereocenters. The van der Waals surface area contributed by atoms with Crippen LogP contribution in [0.25, 0.3) is 0 Å². The van der Waals surface area contributed by atoms with Gasteiger partial charge in [-0.05, 0) is 11.3 Å². The zero-order valence-corrected chi connectivity index (χ0v) is 13.5. The fraction of sp³-hybridized carbons (Fsp3) is 1.00. The predicted molar refractivity (Wildman–Crippen MR) is 79.7 cm³/mol. The van der Waals surface area contributed by atoms with Crippen molar-refractivity contribution in [2.45, 2.75) is 27.7 Å². The van der Waals surface area contributed by atoms with Crippen LogP contribution in [0.1, 0.15) is 27.7 Å². The Morgan fingerprint density at radius 1 is 1.26 bits per heavy atom. The molecular weight excluding hydrogens is 262 g/mol. The van der Waals surface area contributed by atoms with Crippen molar-refractivity contribution in [1.82, 2.24) is 14.9 Å². The molecule has 114 valence electrons. The lowest BCUT2D eigenvalue weighted by Crippen LogP contribution is -2.46. The van der Waals surface area contributed by atoms with E-state index in [0.29, 0.717) is 19.0 Å². The lowest BCUT2D eigenvalue weighted by Gasteiger charge is -2.28. The smallest absolute Gasteiger partial charge is 0.212 e. The molecule has 1 heterocycles. The van der Waals surface area contributed by atoms with E-state index in [2.05, 4.69) is 42.6 Å². The highest BCUT2D eigenvalue weighted by atomic mass is 32.2. The summed E-state index contributed by atoms with van der Waals surface area (Å²) in [7, 11) is -3.15. The van der Waals surface area contributed by atoms with Gasteiger partial charge in [-0.3, -0.25) is 4.90 Å². The summed E-state index contributed by atoms with van der Waals surface area (Å²) in [5.74, 6) is 0.519. The molecule has 2 N–H and O–H groups in total. The first-order valence-corrected chi connectivity index (χ1v) is 8.76. The fourth-order valence-corrected chi connectivity index (χ4v) is 2.96.